The molecule has 2 aliphatic rings. The molecule has 3 heterocycles. The number of hydrogen-bond acceptors (Lipinski definition) is 25. The van der Waals surface area contributed by atoms with Gasteiger partial charge in [0.05, 0.1) is 18.9 Å². The van der Waals surface area contributed by atoms with Crippen LogP contribution in [0.1, 0.15) is 114 Å². The number of ether oxygens (including phenoxy) is 2. The SMILES string of the molecule is CC(=O)N[C@H](CCCNC(=N)N)C(=O)N[C@H]1CCSC[C@@H](C(=O)N[C@@H](Cc2ccc(OCCN)cc2)C(=O)N[C@@H](Cc2ccc3ccccc3c2)C(=O)NC2(C(=O)N[C@@H](CCC(=O)O)C(=O)N[C@@H](CC(N)=O)C(=O)N[C@@H](CC(N)=O)C(N)=O)CCOCC2)NC(=O)[C@H](CCC(N)=O)NC(=O)[C@H](Cc2c[nH]c3ccccc23)NC(=O)[C@H]([C@@H](C)O)NC(=O)[C@H](CCC(N)=O)NC1=O. The van der Waals surface area contributed by atoms with E-state index >= 15 is 28.8 Å². The molecule has 704 valence electrons. The molecule has 2 aliphatic heterocycles. The third kappa shape index (κ3) is 33.0. The molecule has 2 fully saturated rings. The van der Waals surface area contributed by atoms with Crippen molar-refractivity contribution in [3.8, 4) is 5.75 Å². The zero-order valence-corrected chi connectivity index (χ0v) is 72.2. The molecule has 1 aromatic heterocycles. The molecule has 4 aromatic carbocycles. The third-order valence-electron chi connectivity index (χ3n) is 21.0. The van der Waals surface area contributed by atoms with Crippen LogP contribution in [0.4, 0.5) is 0 Å². The summed E-state index contributed by atoms with van der Waals surface area (Å²) in [6.07, 6.45) is -8.42. The summed E-state index contributed by atoms with van der Waals surface area (Å²) in [7, 11) is 0. The smallest absolute Gasteiger partial charge is 0.303 e. The van der Waals surface area contributed by atoms with Gasteiger partial charge in [-0.05, 0) is 96.9 Å². The highest BCUT2D eigenvalue weighted by atomic mass is 32.2. The number of nitrogens with two attached hydrogens (primary N) is 7. The van der Waals surface area contributed by atoms with E-state index in [4.69, 9.17) is 55.0 Å². The van der Waals surface area contributed by atoms with Gasteiger partial charge in [-0.25, -0.2) is 0 Å². The first-order valence-electron chi connectivity index (χ1n) is 41.7. The van der Waals surface area contributed by atoms with Gasteiger partial charge in [0.25, 0.3) is 0 Å². The quantitative estimate of drug-likeness (QED) is 0.00979. The zero-order chi connectivity index (χ0) is 95.5. The van der Waals surface area contributed by atoms with Gasteiger partial charge in [-0.15, -0.1) is 0 Å². The number of rotatable bonds is 43. The number of thioether (sulfide) groups is 1. The van der Waals surface area contributed by atoms with Crippen molar-refractivity contribution in [3.63, 3.8) is 0 Å². The Morgan fingerprint density at radius 3 is 1.78 bits per heavy atom. The van der Waals surface area contributed by atoms with E-state index < -0.39 is 285 Å². The first kappa shape index (κ1) is 103. The number of hydrogen-bond donors (Lipinski definition) is 25. The van der Waals surface area contributed by atoms with E-state index in [0.717, 1.165) is 31.0 Å². The Hall–Kier alpha value is -14.1. The van der Waals surface area contributed by atoms with E-state index in [1.54, 1.807) is 66.7 Å². The summed E-state index contributed by atoms with van der Waals surface area (Å²) in [6.45, 7) is 1.94. The molecule has 0 bridgehead atoms. The Balaban J connectivity index is 1.34. The van der Waals surface area contributed by atoms with E-state index in [2.05, 4.69) is 79.4 Å². The molecule has 7 rings (SSSR count). The number of amides is 18. The van der Waals surface area contributed by atoms with E-state index in [0.29, 0.717) is 38.7 Å². The summed E-state index contributed by atoms with van der Waals surface area (Å²) in [5.41, 5.74) is 38.1. The number of aromatic amines is 1. The molecular formula is C83H113N23O23S. The monoisotopic (exact) mass is 1830 g/mol. The lowest BCUT2D eigenvalue weighted by atomic mass is 9.87. The largest absolute Gasteiger partial charge is 0.492 e. The molecule has 46 nitrogen and oxygen atoms in total. The van der Waals surface area contributed by atoms with E-state index in [1.165, 1.54) is 30.5 Å². The number of carboxylic acid groups (broad SMARTS) is 1. The Labute approximate surface area is 748 Å². The average molecular weight is 1830 g/mol. The number of carboxylic acids is 1. The maximum Gasteiger partial charge on any atom is 0.303 e. The molecule has 32 N–H and O–H groups in total. The number of nitrogens with one attached hydrogen (secondary N) is 16. The van der Waals surface area contributed by atoms with Crippen LogP contribution in [-0.2, 0) is 115 Å². The topological polar surface area (TPSA) is 773 Å². The fraction of sp³-hybridized carbons (Fsp3) is 0.470. The van der Waals surface area contributed by atoms with Crippen LogP contribution in [0.25, 0.3) is 21.7 Å². The lowest BCUT2D eigenvalue weighted by Gasteiger charge is -2.38. The highest BCUT2D eigenvalue weighted by Gasteiger charge is 2.46. The lowest BCUT2D eigenvalue weighted by Crippen LogP contribution is -2.67. The van der Waals surface area contributed by atoms with Crippen LogP contribution in [0.3, 0.4) is 0 Å². The molecule has 130 heavy (non-hydrogen) atoms. The van der Waals surface area contributed by atoms with Crippen LogP contribution in [0.5, 0.6) is 5.75 Å². The second-order valence-electron chi connectivity index (χ2n) is 31.2. The number of aliphatic hydroxyl groups excluding tert-OH is 1. The van der Waals surface area contributed by atoms with Gasteiger partial charge in [0.1, 0.15) is 90.4 Å². The fourth-order valence-corrected chi connectivity index (χ4v) is 15.1. The van der Waals surface area contributed by atoms with Gasteiger partial charge >= 0.3 is 5.97 Å². The van der Waals surface area contributed by atoms with Crippen molar-refractivity contribution in [1.82, 2.24) is 79.4 Å². The van der Waals surface area contributed by atoms with Crippen molar-refractivity contribution in [2.24, 2.45) is 40.1 Å². The first-order chi connectivity index (χ1) is 61.7. The predicted octanol–water partition coefficient (Wildman–Crippen LogP) is -7.40. The summed E-state index contributed by atoms with van der Waals surface area (Å²) < 4.78 is 11.4. The summed E-state index contributed by atoms with van der Waals surface area (Å²) in [6, 6.07) is 3.40. The number of aromatic nitrogens is 1. The number of carbonyl (C=O) groups is 19. The number of H-pyrrole nitrogens is 1. The number of aliphatic carboxylic acids is 1. The summed E-state index contributed by atoms with van der Waals surface area (Å²) in [5.74, 6) is -22.6. The van der Waals surface area contributed by atoms with Gasteiger partial charge in [0.2, 0.25) is 106 Å². The van der Waals surface area contributed by atoms with Crippen molar-refractivity contribution < 1.29 is 111 Å². The van der Waals surface area contributed by atoms with Crippen LogP contribution >= 0.6 is 11.8 Å². The van der Waals surface area contributed by atoms with Crippen molar-refractivity contribution in [2.45, 2.75) is 201 Å². The highest BCUT2D eigenvalue weighted by Crippen LogP contribution is 2.26. The Kier molecular flexibility index (Phi) is 40.0. The van der Waals surface area contributed by atoms with Gasteiger partial charge in [0.15, 0.2) is 5.96 Å². The van der Waals surface area contributed by atoms with E-state index in [9.17, 15) is 72.5 Å². The normalized spacial score (nSPS) is 19.1. The number of guanidine groups is 1. The Bertz CT molecular complexity index is 4950. The summed E-state index contributed by atoms with van der Waals surface area (Å²) in [4.78, 5) is 269. The number of fused-ring (bicyclic) bond motifs is 2. The average Bonchev–Trinajstić information content (AvgIpc) is 1.54. The van der Waals surface area contributed by atoms with Crippen molar-refractivity contribution in [2.75, 3.05) is 44.4 Å². The number of benzene rings is 4. The zero-order valence-electron chi connectivity index (χ0n) is 71.4. The maximum absolute atomic E-state index is 15.9. The highest BCUT2D eigenvalue weighted by molar-refractivity contribution is 7.99. The van der Waals surface area contributed by atoms with E-state index in [-0.39, 0.29) is 64.3 Å². The molecule has 13 atom stereocenters. The van der Waals surface area contributed by atoms with Crippen LogP contribution in [0.15, 0.2) is 97.2 Å². The minimum absolute atomic E-state index is 0.0439. The van der Waals surface area contributed by atoms with Crippen LogP contribution in [-0.4, -0.2) is 262 Å². The summed E-state index contributed by atoms with van der Waals surface area (Å²) >= 11 is 0.833. The Morgan fingerprint density at radius 1 is 0.592 bits per heavy atom. The molecule has 47 heteroatoms. The number of para-hydroxylation sites is 1. The molecule has 0 unspecified atom stereocenters. The second kappa shape index (κ2) is 50.5. The molecule has 0 aliphatic carbocycles. The van der Waals surface area contributed by atoms with Crippen molar-refractivity contribution in [3.05, 3.63) is 114 Å². The van der Waals surface area contributed by atoms with Crippen LogP contribution < -0.4 is 119 Å². The lowest BCUT2D eigenvalue weighted by molar-refractivity contribution is -0.142. The summed E-state index contributed by atoms with van der Waals surface area (Å²) in [5, 5.41) is 66.0. The van der Waals surface area contributed by atoms with Crippen LogP contribution in [0, 0.1) is 5.41 Å². The predicted molar refractivity (Wildman–Crippen MR) is 467 cm³/mol. The maximum atomic E-state index is 15.9. The molecule has 0 saturated carbocycles. The third-order valence-corrected chi connectivity index (χ3v) is 22.1. The fourth-order valence-electron chi connectivity index (χ4n) is 14.1. The van der Waals surface area contributed by atoms with Gasteiger partial charge in [0, 0.05) is 107 Å². The van der Waals surface area contributed by atoms with Gasteiger partial charge in [-0.2, -0.15) is 11.8 Å². The molecule has 0 spiro atoms. The molecule has 0 radical (unpaired) electrons. The van der Waals surface area contributed by atoms with Crippen molar-refractivity contribution >= 4 is 152 Å². The molecule has 18 amide bonds. The first-order valence-corrected chi connectivity index (χ1v) is 42.8. The molecule has 2 saturated heterocycles. The van der Waals surface area contributed by atoms with Gasteiger partial charge in [-0.3, -0.25) is 96.5 Å². The minimum atomic E-state index is -2.12. The van der Waals surface area contributed by atoms with Crippen LogP contribution in [0.2, 0.25) is 0 Å². The standard InChI is InChI=1S/C83H113N23O23S/c1-42(107)68-80(126)102-60(37-48-40-93-51-11-6-5-10-50(48)51)76(122)96-53(19-22-63(85)109)71(117)103-62(41-130-33-25-56(73(119)95-54(74(120)105-68)20-23-64(86)110)97-70(116)52(94-43(2)108)12-7-29-92-82(90)91)78(124)99-58(35-44-14-17-49(18-15-44)129-32-28-84)75(121)100-59(36-45-13-16-46-8-3-4-9-47(46)34-45)79(125)106-83(26-30-128-31-27-83)81(127)104-55(21-24-67(113)114)72(118)101-61(39-66(88)112)77(123)98-57(69(89)115)38-65(87)111/h3-6,8-11,13-18,34,40,42,52-62,68,93,107H,7,12,19-33,35-39,41,84H2,1-2H3,(H2,85,109)(H2,86,110)(H2,87,111)(H2,88,112)(H2,89,115)(H,94,108)(H,95,119)(H,96,122)(H,97,116)(H,98,123)(H,99,124)(H,100,121)(H,101,118)(H,102,126)(H,103,117)(H,104,127)(H,105,120)(H,106,125)(H,113,114)(H4,90,91,92)/t42-,52-,53+,54+,55+,56+,57+,58+,59+,60+,61+,62+,68+/m1/s1. The number of primary amides is 5. The van der Waals surface area contributed by atoms with E-state index in [1.807, 2.05) is 0 Å². The van der Waals surface area contributed by atoms with Crippen molar-refractivity contribution in [1.29, 1.82) is 5.41 Å². The minimum Gasteiger partial charge on any atom is -0.492 e. The number of carbonyl (C=O) groups excluding carboxylic acids is 18. The van der Waals surface area contributed by atoms with Gasteiger partial charge < -0.3 is 139 Å². The van der Waals surface area contributed by atoms with Gasteiger partial charge in [-0.1, -0.05) is 72.8 Å². The molecular weight excluding hydrogens is 1720 g/mol. The molecule has 5 aromatic rings. The number of aliphatic hydroxyl groups is 1. The second-order valence-corrected chi connectivity index (χ2v) is 32.4. The Morgan fingerprint density at radius 2 is 1.15 bits per heavy atom.